The van der Waals surface area contributed by atoms with Crippen LogP contribution in [-0.4, -0.2) is 38.6 Å². The Hall–Kier alpha value is -6.70. The quantitative estimate of drug-likeness (QED) is 0.101. The second-order valence-corrected chi connectivity index (χ2v) is 13.6. The molecule has 1 saturated carbocycles. The summed E-state index contributed by atoms with van der Waals surface area (Å²) in [4.78, 5) is 80.6. The van der Waals surface area contributed by atoms with E-state index in [2.05, 4.69) is 0 Å². The first-order valence-electron chi connectivity index (χ1n) is 17.0. The number of carbonyl (C=O) groups is 4. The largest absolute Gasteiger partial charge is 0.508 e. The summed E-state index contributed by atoms with van der Waals surface area (Å²) in [6.45, 7) is 0.229. The van der Waals surface area contributed by atoms with E-state index in [9.17, 15) is 44.5 Å². The number of benzene rings is 4. The molecule has 0 aromatic heterocycles. The number of non-ortho nitro benzene ring substituents is 2. The van der Waals surface area contributed by atoms with Crippen molar-refractivity contribution in [3.05, 3.63) is 140 Å². The van der Waals surface area contributed by atoms with Crippen LogP contribution in [0.15, 0.2) is 109 Å². The minimum atomic E-state index is -1.04. The highest BCUT2D eigenvalue weighted by Crippen LogP contribution is 2.59. The smallest absolute Gasteiger partial charge is 0.271 e. The molecule has 4 aromatic carbocycles. The van der Waals surface area contributed by atoms with E-state index in [4.69, 9.17) is 4.74 Å². The van der Waals surface area contributed by atoms with Crippen molar-refractivity contribution < 1.29 is 38.9 Å². The maximum absolute atomic E-state index is 14.4. The predicted octanol–water partition coefficient (Wildman–Crippen LogP) is 5.83. The van der Waals surface area contributed by atoms with Gasteiger partial charge in [0.05, 0.1) is 44.9 Å². The molecule has 2 aliphatic carbocycles. The number of phenolic OH excluding ortho intramolecular Hbond substituents is 1. The van der Waals surface area contributed by atoms with Crippen molar-refractivity contribution in [1.29, 1.82) is 0 Å². The summed E-state index contributed by atoms with van der Waals surface area (Å²) in [6.07, 6.45) is 1.95. The number of fused-ring (bicyclic) bond motifs is 4. The SMILES string of the molecule is O=C1C2CC=C3C(CC4C(=O)N(c5cccc([N+](=O)[O-])c5)C(=O)C4C3c3ccc(OCc4ccccc4)cc3O)C2C(=O)N1c1cccc([N+](=O)[O-])c1. The molecule has 1 N–H and O–H groups in total. The van der Waals surface area contributed by atoms with Crippen molar-refractivity contribution in [2.75, 3.05) is 9.80 Å². The molecule has 2 saturated heterocycles. The Bertz CT molecular complexity index is 2270. The van der Waals surface area contributed by atoms with E-state index >= 15 is 0 Å². The summed E-state index contributed by atoms with van der Waals surface area (Å²) >= 11 is 0. The molecule has 14 nitrogen and oxygen atoms in total. The van der Waals surface area contributed by atoms with Crippen LogP contribution in [-0.2, 0) is 25.8 Å². The molecule has 6 unspecified atom stereocenters. The van der Waals surface area contributed by atoms with Gasteiger partial charge in [0.25, 0.3) is 11.4 Å². The number of nitro groups is 2. The summed E-state index contributed by atoms with van der Waals surface area (Å²) in [5.41, 5.74) is 1.31. The van der Waals surface area contributed by atoms with E-state index in [0.29, 0.717) is 16.9 Å². The predicted molar refractivity (Wildman–Crippen MR) is 188 cm³/mol. The third kappa shape index (κ3) is 5.50. The molecular formula is C39H30N4O10. The van der Waals surface area contributed by atoms with Gasteiger partial charge in [0.15, 0.2) is 0 Å². The van der Waals surface area contributed by atoms with Gasteiger partial charge in [-0.15, -0.1) is 0 Å². The maximum Gasteiger partial charge on any atom is 0.271 e. The van der Waals surface area contributed by atoms with E-state index in [1.165, 1.54) is 42.5 Å². The number of aromatic hydroxyl groups is 1. The second kappa shape index (κ2) is 12.8. The molecule has 0 spiro atoms. The molecule has 4 aliphatic rings. The lowest BCUT2D eigenvalue weighted by Crippen LogP contribution is -2.43. The highest BCUT2D eigenvalue weighted by atomic mass is 16.6. The van der Waals surface area contributed by atoms with Gasteiger partial charge >= 0.3 is 0 Å². The molecule has 2 aliphatic heterocycles. The van der Waals surface area contributed by atoms with E-state index in [1.807, 2.05) is 36.4 Å². The Balaban J connectivity index is 1.20. The Morgan fingerprint density at radius 1 is 0.679 bits per heavy atom. The van der Waals surface area contributed by atoms with Crippen LogP contribution < -0.4 is 14.5 Å². The lowest BCUT2D eigenvalue weighted by atomic mass is 9.57. The number of hydrogen-bond acceptors (Lipinski definition) is 10. The molecule has 4 aromatic rings. The van der Waals surface area contributed by atoms with Gasteiger partial charge in [-0.1, -0.05) is 60.2 Å². The first kappa shape index (κ1) is 33.4. The third-order valence-electron chi connectivity index (χ3n) is 10.8. The second-order valence-electron chi connectivity index (χ2n) is 13.6. The number of imide groups is 2. The van der Waals surface area contributed by atoms with Crippen molar-refractivity contribution in [3.8, 4) is 11.5 Å². The van der Waals surface area contributed by atoms with Crippen molar-refractivity contribution in [2.24, 2.45) is 29.6 Å². The molecule has 14 heteroatoms. The Morgan fingerprint density at radius 3 is 1.89 bits per heavy atom. The van der Waals surface area contributed by atoms with Crippen LogP contribution in [0.1, 0.15) is 29.9 Å². The monoisotopic (exact) mass is 714 g/mol. The molecule has 0 bridgehead atoms. The van der Waals surface area contributed by atoms with Crippen LogP contribution in [0, 0.1) is 49.8 Å². The number of rotatable bonds is 8. The number of amides is 4. The fourth-order valence-electron chi connectivity index (χ4n) is 8.55. The third-order valence-corrected chi connectivity index (χ3v) is 10.8. The average Bonchev–Trinajstić information content (AvgIpc) is 3.57. The Kier molecular flexibility index (Phi) is 8.08. The van der Waals surface area contributed by atoms with Crippen molar-refractivity contribution in [3.63, 3.8) is 0 Å². The average molecular weight is 715 g/mol. The van der Waals surface area contributed by atoms with Crippen molar-refractivity contribution >= 4 is 46.4 Å². The zero-order chi connectivity index (χ0) is 37.1. The van der Waals surface area contributed by atoms with Crippen molar-refractivity contribution in [2.45, 2.75) is 25.4 Å². The zero-order valence-corrected chi connectivity index (χ0v) is 27.8. The van der Waals surface area contributed by atoms with Crippen LogP contribution in [0.4, 0.5) is 22.7 Å². The lowest BCUT2D eigenvalue weighted by Gasteiger charge is -2.44. The van der Waals surface area contributed by atoms with Gasteiger partial charge in [0.2, 0.25) is 23.6 Å². The minimum Gasteiger partial charge on any atom is -0.508 e. The highest BCUT2D eigenvalue weighted by molar-refractivity contribution is 6.24. The van der Waals surface area contributed by atoms with E-state index in [1.54, 1.807) is 12.1 Å². The Labute approximate surface area is 301 Å². The Morgan fingerprint density at radius 2 is 1.28 bits per heavy atom. The van der Waals surface area contributed by atoms with Crippen molar-refractivity contribution in [1.82, 2.24) is 0 Å². The van der Waals surface area contributed by atoms with Crippen LogP contribution in [0.2, 0.25) is 0 Å². The molecule has 53 heavy (non-hydrogen) atoms. The highest BCUT2D eigenvalue weighted by Gasteiger charge is 2.62. The molecule has 2 heterocycles. The number of hydrogen-bond donors (Lipinski definition) is 1. The summed E-state index contributed by atoms with van der Waals surface area (Å²) in [7, 11) is 0. The normalized spacial score (nSPS) is 24.7. The van der Waals surface area contributed by atoms with Gasteiger partial charge in [0.1, 0.15) is 18.1 Å². The standard InChI is InChI=1S/C39H30N4O10/c44-32-18-26(53-20-21-6-2-1-3-7-21)12-13-28(32)33-27-14-15-29-34(38(47)40(36(29)45)22-8-4-10-24(16-22)42(49)50)30(27)19-31-35(33)39(48)41(37(31)46)23-9-5-11-25(17-23)43(51)52/h1-14,16-18,29-31,33-35,44H,15,19-20H2. The maximum atomic E-state index is 14.4. The number of carbonyl (C=O) groups excluding carboxylic acids is 4. The minimum absolute atomic E-state index is 0.0188. The first-order valence-corrected chi connectivity index (χ1v) is 17.0. The van der Waals surface area contributed by atoms with E-state index in [-0.39, 0.29) is 47.9 Å². The van der Waals surface area contributed by atoms with Gasteiger partial charge in [-0.05, 0) is 42.5 Å². The van der Waals surface area contributed by atoms with Crippen LogP contribution >= 0.6 is 0 Å². The van der Waals surface area contributed by atoms with Gasteiger partial charge in [-0.3, -0.25) is 39.4 Å². The number of anilines is 2. The van der Waals surface area contributed by atoms with Gasteiger partial charge in [-0.2, -0.15) is 0 Å². The number of allylic oxidation sites excluding steroid dienone is 2. The van der Waals surface area contributed by atoms with E-state index in [0.717, 1.165) is 27.5 Å². The lowest BCUT2D eigenvalue weighted by molar-refractivity contribution is -0.385. The molecule has 3 fully saturated rings. The number of nitro benzene ring substituents is 2. The molecule has 6 atom stereocenters. The summed E-state index contributed by atoms with van der Waals surface area (Å²) in [5.74, 6) is -7.60. The fraction of sp³-hybridized carbons (Fsp3) is 0.231. The number of phenols is 1. The van der Waals surface area contributed by atoms with Gasteiger partial charge < -0.3 is 9.84 Å². The summed E-state index contributed by atoms with van der Waals surface area (Å²) in [6, 6.07) is 24.6. The summed E-state index contributed by atoms with van der Waals surface area (Å²) < 4.78 is 5.92. The molecule has 266 valence electrons. The van der Waals surface area contributed by atoms with Crippen LogP contribution in [0.5, 0.6) is 11.5 Å². The summed E-state index contributed by atoms with van der Waals surface area (Å²) in [5, 5.41) is 34.7. The number of nitrogens with zero attached hydrogens (tertiary/aromatic N) is 4. The van der Waals surface area contributed by atoms with Gasteiger partial charge in [-0.25, -0.2) is 9.80 Å². The molecule has 4 amide bonds. The van der Waals surface area contributed by atoms with Crippen LogP contribution in [0.3, 0.4) is 0 Å². The topological polar surface area (TPSA) is 190 Å². The first-order chi connectivity index (χ1) is 25.5. The van der Waals surface area contributed by atoms with Gasteiger partial charge in [0, 0.05) is 41.8 Å². The van der Waals surface area contributed by atoms with Crippen LogP contribution in [0.25, 0.3) is 0 Å². The fourth-order valence-corrected chi connectivity index (χ4v) is 8.55. The zero-order valence-electron chi connectivity index (χ0n) is 27.8. The van der Waals surface area contributed by atoms with E-state index < -0.39 is 69.0 Å². The molecule has 0 radical (unpaired) electrons. The molecular weight excluding hydrogens is 684 g/mol. The number of ether oxygens (including phenoxy) is 1. The molecule has 8 rings (SSSR count).